The fourth-order valence-electron chi connectivity index (χ4n) is 3.90. The quantitative estimate of drug-likeness (QED) is 0.390. The molecule has 0 bridgehead atoms. The van der Waals surface area contributed by atoms with E-state index in [0.29, 0.717) is 30.0 Å². The van der Waals surface area contributed by atoms with Crippen molar-refractivity contribution < 1.29 is 0 Å². The highest BCUT2D eigenvalue weighted by Gasteiger charge is 2.18. The molecule has 1 N–H and O–H groups in total. The van der Waals surface area contributed by atoms with Crippen molar-refractivity contribution in [2.24, 2.45) is 5.92 Å². The molecule has 33 heavy (non-hydrogen) atoms. The molecule has 4 aromatic rings. The third kappa shape index (κ3) is 4.90. The Labute approximate surface area is 197 Å². The Balaban J connectivity index is 1.63. The minimum atomic E-state index is -0.0418. The number of halogens is 1. The van der Waals surface area contributed by atoms with Gasteiger partial charge in [-0.2, -0.15) is 5.21 Å². The Bertz CT molecular complexity index is 1260. The topological polar surface area (TPSA) is 94.3 Å². The van der Waals surface area contributed by atoms with Crippen LogP contribution in [0.1, 0.15) is 44.9 Å². The van der Waals surface area contributed by atoms with Crippen LogP contribution in [-0.2, 0) is 19.5 Å². The molecule has 0 fully saturated rings. The molecule has 8 nitrogen and oxygen atoms in total. The maximum Gasteiger partial charge on any atom is 0.329 e. The van der Waals surface area contributed by atoms with Gasteiger partial charge in [0.2, 0.25) is 5.82 Å². The molecule has 0 spiro atoms. The molecular weight excluding hydrogens is 438 g/mol. The van der Waals surface area contributed by atoms with Crippen molar-refractivity contribution in [3.63, 3.8) is 0 Å². The number of H-pyrrole nitrogens is 1. The fourth-order valence-corrected chi connectivity index (χ4v) is 4.25. The van der Waals surface area contributed by atoms with E-state index in [2.05, 4.69) is 46.4 Å². The van der Waals surface area contributed by atoms with Crippen molar-refractivity contribution >= 4 is 11.6 Å². The van der Waals surface area contributed by atoms with E-state index in [4.69, 9.17) is 11.6 Å². The van der Waals surface area contributed by atoms with E-state index < -0.39 is 0 Å². The standard InChI is InChI=1S/C24H28ClN7O/c1-4-5-21-22(25)31(13-11-16(2)3)24(33)32(21)15-17-6-8-18(9-7-17)20-14-26-12-10-19(20)23-27-29-30-28-23/h6-10,12,14,16H,4-5,11,13,15H2,1-3H3,(H,27,28,29,30). The maximum atomic E-state index is 13.2. The van der Waals surface area contributed by atoms with E-state index in [1.165, 1.54) is 0 Å². The van der Waals surface area contributed by atoms with E-state index in [0.717, 1.165) is 47.2 Å². The van der Waals surface area contributed by atoms with Crippen molar-refractivity contribution in [1.29, 1.82) is 0 Å². The number of nitrogens with zero attached hydrogens (tertiary/aromatic N) is 6. The second-order valence-corrected chi connectivity index (χ2v) is 8.90. The number of imidazole rings is 1. The van der Waals surface area contributed by atoms with Gasteiger partial charge in [0.25, 0.3) is 0 Å². The van der Waals surface area contributed by atoms with Gasteiger partial charge >= 0.3 is 5.69 Å². The van der Waals surface area contributed by atoms with Crippen LogP contribution in [0.5, 0.6) is 0 Å². The number of hydrogen-bond acceptors (Lipinski definition) is 5. The van der Waals surface area contributed by atoms with Gasteiger partial charge in [-0.15, -0.1) is 10.2 Å². The van der Waals surface area contributed by atoms with Gasteiger partial charge in [0, 0.05) is 30.1 Å². The first-order valence-electron chi connectivity index (χ1n) is 11.2. The Morgan fingerprint density at radius 2 is 1.88 bits per heavy atom. The molecule has 0 unspecified atom stereocenters. The summed E-state index contributed by atoms with van der Waals surface area (Å²) in [5.74, 6) is 1.02. The fraction of sp³-hybridized carbons (Fsp3) is 0.375. The normalized spacial score (nSPS) is 11.4. The third-order valence-electron chi connectivity index (χ3n) is 5.69. The molecule has 0 aliphatic rings. The summed E-state index contributed by atoms with van der Waals surface area (Å²) in [5, 5.41) is 14.9. The zero-order chi connectivity index (χ0) is 23.4. The second kappa shape index (κ2) is 10.1. The van der Waals surface area contributed by atoms with Crippen LogP contribution in [-0.4, -0.2) is 34.7 Å². The Kier molecular flexibility index (Phi) is 7.03. The lowest BCUT2D eigenvalue weighted by molar-refractivity contribution is 0.503. The van der Waals surface area contributed by atoms with Crippen LogP contribution in [0.3, 0.4) is 0 Å². The number of hydrogen-bond donors (Lipinski definition) is 1. The smallest absolute Gasteiger partial charge is 0.290 e. The lowest BCUT2D eigenvalue weighted by Gasteiger charge is -2.09. The van der Waals surface area contributed by atoms with Gasteiger partial charge in [0.15, 0.2) is 0 Å². The van der Waals surface area contributed by atoms with Gasteiger partial charge in [0.1, 0.15) is 5.15 Å². The minimum absolute atomic E-state index is 0.0418. The van der Waals surface area contributed by atoms with Gasteiger partial charge in [-0.1, -0.05) is 63.1 Å². The molecule has 0 aliphatic heterocycles. The van der Waals surface area contributed by atoms with E-state index in [9.17, 15) is 4.79 Å². The molecule has 1 aromatic carbocycles. The summed E-state index contributed by atoms with van der Waals surface area (Å²) in [5.41, 5.74) is 4.64. The van der Waals surface area contributed by atoms with Crippen LogP contribution in [0, 0.1) is 5.92 Å². The number of nitrogens with one attached hydrogen (secondary N) is 1. The molecule has 0 saturated heterocycles. The summed E-state index contributed by atoms with van der Waals surface area (Å²) in [6.45, 7) is 7.51. The van der Waals surface area contributed by atoms with Crippen molar-refractivity contribution in [3.8, 4) is 22.5 Å². The highest BCUT2D eigenvalue weighted by molar-refractivity contribution is 6.30. The van der Waals surface area contributed by atoms with Crippen LogP contribution >= 0.6 is 11.6 Å². The van der Waals surface area contributed by atoms with E-state index in [1.54, 1.807) is 17.0 Å². The minimum Gasteiger partial charge on any atom is -0.290 e. The van der Waals surface area contributed by atoms with Crippen LogP contribution < -0.4 is 5.69 Å². The number of aromatic nitrogens is 7. The lowest BCUT2D eigenvalue weighted by Crippen LogP contribution is -2.26. The first-order chi connectivity index (χ1) is 16.0. The third-order valence-corrected chi connectivity index (χ3v) is 6.11. The Hall–Kier alpha value is -3.26. The van der Waals surface area contributed by atoms with Crippen molar-refractivity contribution in [2.45, 2.75) is 53.1 Å². The monoisotopic (exact) mass is 465 g/mol. The lowest BCUT2D eigenvalue weighted by atomic mass is 10.0. The average molecular weight is 466 g/mol. The zero-order valence-electron chi connectivity index (χ0n) is 19.1. The molecular formula is C24H28ClN7O. The van der Waals surface area contributed by atoms with Crippen LogP contribution in [0.15, 0.2) is 47.5 Å². The molecule has 0 atom stereocenters. The molecule has 4 rings (SSSR count). The number of pyridine rings is 1. The number of benzene rings is 1. The summed E-state index contributed by atoms with van der Waals surface area (Å²) < 4.78 is 3.53. The average Bonchev–Trinajstić information content (AvgIpc) is 3.42. The van der Waals surface area contributed by atoms with Gasteiger partial charge in [-0.3, -0.25) is 14.1 Å². The zero-order valence-corrected chi connectivity index (χ0v) is 19.9. The van der Waals surface area contributed by atoms with Gasteiger partial charge in [-0.25, -0.2) is 4.79 Å². The largest absolute Gasteiger partial charge is 0.329 e. The van der Waals surface area contributed by atoms with Gasteiger partial charge in [0.05, 0.1) is 12.2 Å². The summed E-state index contributed by atoms with van der Waals surface area (Å²) in [6, 6.07) is 9.98. The predicted octanol–water partition coefficient (Wildman–Crippen LogP) is 4.59. The highest BCUT2D eigenvalue weighted by atomic mass is 35.5. The predicted molar refractivity (Wildman–Crippen MR) is 129 cm³/mol. The van der Waals surface area contributed by atoms with Crippen molar-refractivity contribution in [3.05, 3.63) is 69.6 Å². The molecule has 0 saturated carbocycles. The summed E-state index contributed by atoms with van der Waals surface area (Å²) in [6.07, 6.45) is 6.10. The van der Waals surface area contributed by atoms with E-state index >= 15 is 0 Å². The summed E-state index contributed by atoms with van der Waals surface area (Å²) in [7, 11) is 0. The summed E-state index contributed by atoms with van der Waals surface area (Å²) in [4.78, 5) is 17.4. The van der Waals surface area contributed by atoms with E-state index in [1.807, 2.05) is 34.9 Å². The first-order valence-corrected chi connectivity index (χ1v) is 11.6. The Morgan fingerprint density at radius 1 is 1.09 bits per heavy atom. The molecule has 3 aromatic heterocycles. The Morgan fingerprint density at radius 3 is 2.55 bits per heavy atom. The van der Waals surface area contributed by atoms with Crippen molar-refractivity contribution in [2.75, 3.05) is 0 Å². The second-order valence-electron chi connectivity index (χ2n) is 8.54. The van der Waals surface area contributed by atoms with Crippen LogP contribution in [0.4, 0.5) is 0 Å². The van der Waals surface area contributed by atoms with Crippen LogP contribution in [0.25, 0.3) is 22.5 Å². The van der Waals surface area contributed by atoms with Gasteiger partial charge < -0.3 is 0 Å². The molecule has 3 heterocycles. The molecule has 172 valence electrons. The number of tetrazole rings is 1. The highest BCUT2D eigenvalue weighted by Crippen LogP contribution is 2.29. The number of rotatable bonds is 9. The van der Waals surface area contributed by atoms with Crippen molar-refractivity contribution in [1.82, 2.24) is 34.7 Å². The molecule has 0 radical (unpaired) electrons. The first kappa shape index (κ1) is 22.9. The maximum absolute atomic E-state index is 13.2. The van der Waals surface area contributed by atoms with E-state index in [-0.39, 0.29) is 5.69 Å². The number of aromatic amines is 1. The molecule has 9 heteroatoms. The summed E-state index contributed by atoms with van der Waals surface area (Å²) >= 11 is 6.65. The SMILES string of the molecule is CCCc1c(Cl)n(CCC(C)C)c(=O)n1Cc1ccc(-c2cnccc2-c2nn[nH]n2)cc1. The molecule has 0 aliphatic carbocycles. The molecule has 0 amide bonds. The van der Waals surface area contributed by atoms with Crippen LogP contribution in [0.2, 0.25) is 5.15 Å². The van der Waals surface area contributed by atoms with Gasteiger partial charge in [-0.05, 0) is 41.2 Å².